The Bertz CT molecular complexity index is 1410. The number of Topliss-reactive ketones (excluding diaryl/α,β-unsaturated/α-hetero) is 1. The van der Waals surface area contributed by atoms with Crippen LogP contribution in [0.3, 0.4) is 0 Å². The van der Waals surface area contributed by atoms with E-state index < -0.39 is 0 Å². The molecule has 4 aliphatic rings. The van der Waals surface area contributed by atoms with Crippen molar-refractivity contribution in [3.05, 3.63) is 40.2 Å². The number of fused-ring (bicyclic) bond motifs is 3. The number of ketones is 1. The van der Waals surface area contributed by atoms with Crippen molar-refractivity contribution < 1.29 is 14.4 Å². The quantitative estimate of drug-likeness (QED) is 0.573. The number of carbonyl (C=O) groups excluding carboxylic acids is 3. The molecule has 2 aliphatic carbocycles. The summed E-state index contributed by atoms with van der Waals surface area (Å²) >= 11 is 1.36. The first-order valence-corrected chi connectivity index (χ1v) is 15.3. The third kappa shape index (κ3) is 4.85. The molecule has 4 heterocycles. The molecule has 10 heteroatoms. The van der Waals surface area contributed by atoms with Crippen LogP contribution in [0.1, 0.15) is 74.4 Å². The topological polar surface area (TPSA) is 108 Å². The number of amides is 2. The second-order valence-electron chi connectivity index (χ2n) is 12.0. The Balaban J connectivity index is 1.26. The van der Waals surface area contributed by atoms with E-state index in [1.165, 1.54) is 24.1 Å². The van der Waals surface area contributed by atoms with Crippen LogP contribution in [0.5, 0.6) is 0 Å². The van der Waals surface area contributed by atoms with Gasteiger partial charge in [-0.15, -0.1) is 11.3 Å². The van der Waals surface area contributed by atoms with Crippen LogP contribution in [0.15, 0.2) is 35.3 Å². The van der Waals surface area contributed by atoms with E-state index >= 15 is 0 Å². The number of carbonyl (C=O) groups is 3. The molecule has 212 valence electrons. The van der Waals surface area contributed by atoms with Crippen LogP contribution >= 0.6 is 11.3 Å². The molecule has 9 nitrogen and oxygen atoms in total. The second kappa shape index (κ2) is 10.7. The van der Waals surface area contributed by atoms with Gasteiger partial charge in [0.2, 0.25) is 5.91 Å². The normalized spacial score (nSPS) is 23.8. The van der Waals surface area contributed by atoms with Crippen molar-refractivity contribution in [3.63, 3.8) is 0 Å². The lowest BCUT2D eigenvalue weighted by molar-refractivity contribution is -0.117. The number of rotatable bonds is 4. The van der Waals surface area contributed by atoms with Crippen LogP contribution in [0.2, 0.25) is 0 Å². The fourth-order valence-corrected chi connectivity index (χ4v) is 8.13. The van der Waals surface area contributed by atoms with Gasteiger partial charge >= 0.3 is 0 Å². The SMILES string of the molecule is CC1=C2C(=O)NC3(CCCCC3)C2CCC(=O)C(Nc2ncnc3sc(C(=O)N4CCC(N(C)C)CC4)cc23)=C1. The highest BCUT2D eigenvalue weighted by Gasteiger charge is 2.50. The van der Waals surface area contributed by atoms with Gasteiger partial charge < -0.3 is 20.4 Å². The molecule has 40 heavy (non-hydrogen) atoms. The first kappa shape index (κ1) is 27.1. The summed E-state index contributed by atoms with van der Waals surface area (Å²) in [5.74, 6) is 0.602. The molecule has 1 saturated carbocycles. The van der Waals surface area contributed by atoms with Crippen LogP contribution in [0.25, 0.3) is 10.2 Å². The average Bonchev–Trinajstić information content (AvgIpc) is 3.49. The first-order valence-electron chi connectivity index (χ1n) is 14.5. The van der Waals surface area contributed by atoms with Crippen LogP contribution in [0.4, 0.5) is 5.82 Å². The van der Waals surface area contributed by atoms with Crippen molar-refractivity contribution in [2.24, 2.45) is 5.92 Å². The minimum Gasteiger partial charge on any atom is -0.346 e. The maximum Gasteiger partial charge on any atom is 0.264 e. The van der Waals surface area contributed by atoms with E-state index in [1.807, 2.05) is 24.0 Å². The molecule has 0 aromatic carbocycles. The summed E-state index contributed by atoms with van der Waals surface area (Å²) in [5, 5.41) is 7.31. The molecule has 2 amide bonds. The van der Waals surface area contributed by atoms with E-state index in [9.17, 15) is 14.4 Å². The predicted molar refractivity (Wildman–Crippen MR) is 156 cm³/mol. The summed E-state index contributed by atoms with van der Waals surface area (Å²) in [6.07, 6.45) is 11.6. The molecule has 2 N–H and O–H groups in total. The van der Waals surface area contributed by atoms with Crippen molar-refractivity contribution >= 4 is 45.0 Å². The Morgan fingerprint density at radius 1 is 1.12 bits per heavy atom. The largest absolute Gasteiger partial charge is 0.346 e. The third-order valence-corrected chi connectivity index (χ3v) is 10.4. The Morgan fingerprint density at radius 2 is 1.88 bits per heavy atom. The van der Waals surface area contributed by atoms with Crippen molar-refractivity contribution in [2.45, 2.75) is 76.3 Å². The summed E-state index contributed by atoms with van der Waals surface area (Å²) in [4.78, 5) is 54.3. The average molecular weight is 563 g/mol. The Morgan fingerprint density at radius 3 is 2.60 bits per heavy atom. The fourth-order valence-electron chi connectivity index (χ4n) is 7.17. The molecule has 6 rings (SSSR count). The summed E-state index contributed by atoms with van der Waals surface area (Å²) in [6.45, 7) is 3.40. The minimum absolute atomic E-state index is 0.00534. The Kier molecular flexibility index (Phi) is 7.25. The Hall–Kier alpha value is -3.11. The fraction of sp³-hybridized carbons (Fsp3) is 0.567. The minimum atomic E-state index is -0.203. The molecule has 1 unspecified atom stereocenters. The van der Waals surface area contributed by atoms with Gasteiger partial charge in [0, 0.05) is 42.6 Å². The predicted octanol–water partition coefficient (Wildman–Crippen LogP) is 4.28. The highest BCUT2D eigenvalue weighted by Crippen LogP contribution is 2.46. The zero-order chi connectivity index (χ0) is 28.0. The van der Waals surface area contributed by atoms with Gasteiger partial charge in [-0.2, -0.15) is 0 Å². The number of piperidine rings is 1. The van der Waals surface area contributed by atoms with E-state index in [4.69, 9.17) is 0 Å². The van der Waals surface area contributed by atoms with Gasteiger partial charge in [-0.3, -0.25) is 14.4 Å². The standard InChI is InChI=1S/C30H38N6O3S/c1-18-15-22(23(37)8-7-21-25(18)27(38)34-30(21)11-5-4-6-12-30)33-26-20-16-24(40-28(20)32-17-31-26)29(39)36-13-9-19(10-14-36)35(2)3/h15-17,19,21H,4-14H2,1-3H3,(H,34,38)(H,31,32,33). The molecular formula is C30H38N6O3S. The molecule has 1 spiro atoms. The van der Waals surface area contributed by atoms with E-state index in [2.05, 4.69) is 39.6 Å². The van der Waals surface area contributed by atoms with Gasteiger partial charge in [0.05, 0.1) is 16.0 Å². The highest BCUT2D eigenvalue weighted by molar-refractivity contribution is 7.20. The first-order chi connectivity index (χ1) is 19.3. The summed E-state index contributed by atoms with van der Waals surface area (Å²) in [7, 11) is 4.17. The van der Waals surface area contributed by atoms with Crippen molar-refractivity contribution in [1.82, 2.24) is 25.1 Å². The Labute approximate surface area is 239 Å². The summed E-state index contributed by atoms with van der Waals surface area (Å²) < 4.78 is 0. The van der Waals surface area contributed by atoms with Gasteiger partial charge in [0.15, 0.2) is 5.78 Å². The number of hydrogen-bond donors (Lipinski definition) is 2. The number of allylic oxidation sites excluding steroid dienone is 3. The monoisotopic (exact) mass is 562 g/mol. The molecule has 3 fully saturated rings. The molecule has 2 saturated heterocycles. The van der Waals surface area contributed by atoms with E-state index in [0.29, 0.717) is 40.1 Å². The van der Waals surface area contributed by atoms with Crippen LogP contribution in [0, 0.1) is 5.92 Å². The van der Waals surface area contributed by atoms with Gasteiger partial charge in [-0.25, -0.2) is 9.97 Å². The number of aromatic nitrogens is 2. The lowest BCUT2D eigenvalue weighted by Gasteiger charge is -2.39. The lowest BCUT2D eigenvalue weighted by atomic mass is 9.70. The van der Waals surface area contributed by atoms with Gasteiger partial charge in [0.1, 0.15) is 17.0 Å². The highest BCUT2D eigenvalue weighted by atomic mass is 32.1. The summed E-state index contributed by atoms with van der Waals surface area (Å²) in [6, 6.07) is 2.34. The van der Waals surface area contributed by atoms with Crippen LogP contribution in [-0.2, 0) is 9.59 Å². The van der Waals surface area contributed by atoms with Gasteiger partial charge in [-0.05, 0) is 70.8 Å². The molecule has 1 atom stereocenters. The maximum atomic E-state index is 13.4. The maximum absolute atomic E-state index is 13.4. The van der Waals surface area contributed by atoms with E-state index in [-0.39, 0.29) is 29.1 Å². The van der Waals surface area contributed by atoms with Crippen molar-refractivity contribution in [1.29, 1.82) is 0 Å². The van der Waals surface area contributed by atoms with Gasteiger partial charge in [-0.1, -0.05) is 19.3 Å². The van der Waals surface area contributed by atoms with E-state index in [1.54, 1.807) is 0 Å². The van der Waals surface area contributed by atoms with Crippen molar-refractivity contribution in [2.75, 3.05) is 32.5 Å². The number of nitrogens with zero attached hydrogens (tertiary/aromatic N) is 4. The molecule has 2 aromatic heterocycles. The number of thiophene rings is 1. The number of hydrogen-bond acceptors (Lipinski definition) is 8. The lowest BCUT2D eigenvalue weighted by Crippen LogP contribution is -2.47. The molecule has 2 aliphatic heterocycles. The molecule has 0 radical (unpaired) electrons. The number of anilines is 1. The van der Waals surface area contributed by atoms with Gasteiger partial charge in [0.25, 0.3) is 5.91 Å². The van der Waals surface area contributed by atoms with Crippen molar-refractivity contribution in [3.8, 4) is 0 Å². The molecule has 0 bridgehead atoms. The van der Waals surface area contributed by atoms with Crippen LogP contribution in [-0.4, -0.2) is 76.1 Å². The number of likely N-dealkylation sites (tertiary alicyclic amines) is 1. The zero-order valence-corrected chi connectivity index (χ0v) is 24.4. The molecular weight excluding hydrogens is 524 g/mol. The second-order valence-corrected chi connectivity index (χ2v) is 13.0. The number of nitrogens with one attached hydrogen (secondary N) is 2. The molecule has 2 aromatic rings. The van der Waals surface area contributed by atoms with E-state index in [0.717, 1.165) is 68.1 Å². The smallest absolute Gasteiger partial charge is 0.264 e. The summed E-state index contributed by atoms with van der Waals surface area (Å²) in [5.41, 5.74) is 1.87. The van der Waals surface area contributed by atoms with Crippen LogP contribution < -0.4 is 10.6 Å². The zero-order valence-electron chi connectivity index (χ0n) is 23.6. The third-order valence-electron chi connectivity index (χ3n) is 9.39.